The van der Waals surface area contributed by atoms with E-state index in [4.69, 9.17) is 5.26 Å². The molecule has 2 aromatic heterocycles. The molecule has 0 aliphatic rings. The highest BCUT2D eigenvalue weighted by atomic mass is 16.1. The number of H-pyrrole nitrogens is 1. The molecule has 2 aromatic carbocycles. The third kappa shape index (κ3) is 3.84. The lowest BCUT2D eigenvalue weighted by molar-refractivity contribution is -0.115. The second kappa shape index (κ2) is 7.64. The van der Waals surface area contributed by atoms with Crippen LogP contribution in [0.2, 0.25) is 0 Å². The highest BCUT2D eigenvalue weighted by molar-refractivity contribution is 5.95. The Balaban J connectivity index is 1.40. The molecule has 0 atom stereocenters. The number of aromatic nitrogens is 2. The third-order valence-corrected chi connectivity index (χ3v) is 4.34. The van der Waals surface area contributed by atoms with Gasteiger partial charge in [-0.1, -0.05) is 24.3 Å². The zero-order valence-corrected chi connectivity index (χ0v) is 14.9. The number of nitrogens with zero attached hydrogens (tertiary/aromatic N) is 2. The number of pyridine rings is 1. The number of hydrogen-bond donors (Lipinski definition) is 3. The molecule has 28 heavy (non-hydrogen) atoms. The van der Waals surface area contributed by atoms with Crippen LogP contribution < -0.4 is 10.6 Å². The van der Waals surface area contributed by atoms with E-state index < -0.39 is 0 Å². The van der Waals surface area contributed by atoms with Gasteiger partial charge in [-0.3, -0.25) is 4.79 Å². The van der Waals surface area contributed by atoms with Gasteiger partial charge in [-0.2, -0.15) is 5.26 Å². The molecule has 0 aliphatic carbocycles. The Morgan fingerprint density at radius 3 is 2.79 bits per heavy atom. The SMILES string of the molecule is N#Cc1cccc(Nc2ccc(NC(=O)Cc3c[nH]c4ccccc34)nc2)c1. The molecule has 3 N–H and O–H groups in total. The van der Waals surface area contributed by atoms with Crippen molar-refractivity contribution in [3.63, 3.8) is 0 Å². The molecular formula is C22H17N5O. The highest BCUT2D eigenvalue weighted by Crippen LogP contribution is 2.20. The molecule has 6 heteroatoms. The van der Waals surface area contributed by atoms with Crippen molar-refractivity contribution in [1.29, 1.82) is 5.26 Å². The Morgan fingerprint density at radius 2 is 1.96 bits per heavy atom. The van der Waals surface area contributed by atoms with Crippen LogP contribution in [-0.2, 0) is 11.2 Å². The van der Waals surface area contributed by atoms with E-state index in [2.05, 4.69) is 26.7 Å². The molecular weight excluding hydrogens is 350 g/mol. The smallest absolute Gasteiger partial charge is 0.230 e. The summed E-state index contributed by atoms with van der Waals surface area (Å²) in [6, 6.07) is 20.8. The Bertz CT molecular complexity index is 1170. The van der Waals surface area contributed by atoms with Crippen LogP contribution in [0.4, 0.5) is 17.2 Å². The van der Waals surface area contributed by atoms with Gasteiger partial charge in [0, 0.05) is 22.8 Å². The van der Waals surface area contributed by atoms with Crippen molar-refractivity contribution < 1.29 is 4.79 Å². The number of benzene rings is 2. The molecule has 4 aromatic rings. The van der Waals surface area contributed by atoms with E-state index in [1.165, 1.54) is 0 Å². The van der Waals surface area contributed by atoms with Crippen LogP contribution in [0.5, 0.6) is 0 Å². The quantitative estimate of drug-likeness (QED) is 0.488. The Labute approximate surface area is 161 Å². The van der Waals surface area contributed by atoms with Crippen LogP contribution in [0.1, 0.15) is 11.1 Å². The van der Waals surface area contributed by atoms with Gasteiger partial charge in [-0.05, 0) is 42.0 Å². The predicted octanol–water partition coefficient (Wildman–Crippen LogP) is 4.36. The molecule has 2 heterocycles. The minimum atomic E-state index is -0.125. The van der Waals surface area contributed by atoms with E-state index in [9.17, 15) is 4.79 Å². The fourth-order valence-corrected chi connectivity index (χ4v) is 3.01. The first-order chi connectivity index (χ1) is 13.7. The molecule has 0 radical (unpaired) electrons. The van der Waals surface area contributed by atoms with Crippen LogP contribution in [0.3, 0.4) is 0 Å². The van der Waals surface area contributed by atoms with Crippen molar-refractivity contribution in [3.05, 3.63) is 84.2 Å². The van der Waals surface area contributed by atoms with Gasteiger partial charge in [0.25, 0.3) is 0 Å². The Morgan fingerprint density at radius 1 is 1.07 bits per heavy atom. The summed E-state index contributed by atoms with van der Waals surface area (Å²) in [6.45, 7) is 0. The summed E-state index contributed by atoms with van der Waals surface area (Å²) in [5.74, 6) is 0.362. The monoisotopic (exact) mass is 367 g/mol. The zero-order valence-electron chi connectivity index (χ0n) is 14.9. The summed E-state index contributed by atoms with van der Waals surface area (Å²) >= 11 is 0. The Kier molecular flexibility index (Phi) is 4.72. The standard InChI is InChI=1S/C22H17N5O/c23-12-15-4-3-5-17(10-15)26-18-8-9-21(25-14-18)27-22(28)11-16-13-24-20-7-2-1-6-19(16)20/h1-10,13-14,24,26H,11H2,(H,25,27,28). The summed E-state index contributed by atoms with van der Waals surface area (Å²) in [5.41, 5.74) is 4.11. The lowest BCUT2D eigenvalue weighted by Gasteiger charge is -2.08. The number of amides is 1. The number of anilines is 3. The van der Waals surface area contributed by atoms with E-state index in [0.717, 1.165) is 27.8 Å². The van der Waals surface area contributed by atoms with Crippen molar-refractivity contribution >= 4 is 34.0 Å². The fourth-order valence-electron chi connectivity index (χ4n) is 3.01. The minimum absolute atomic E-state index is 0.125. The Hall–Kier alpha value is -4.11. The molecule has 0 fully saturated rings. The second-order valence-corrected chi connectivity index (χ2v) is 6.33. The van der Waals surface area contributed by atoms with E-state index in [-0.39, 0.29) is 12.3 Å². The summed E-state index contributed by atoms with van der Waals surface area (Å²) in [6.07, 6.45) is 3.77. The van der Waals surface area contributed by atoms with Crippen molar-refractivity contribution in [1.82, 2.24) is 9.97 Å². The van der Waals surface area contributed by atoms with Gasteiger partial charge in [0.05, 0.1) is 29.9 Å². The van der Waals surface area contributed by atoms with Crippen LogP contribution in [0, 0.1) is 11.3 Å². The van der Waals surface area contributed by atoms with Gasteiger partial charge in [-0.15, -0.1) is 0 Å². The molecule has 0 bridgehead atoms. The van der Waals surface area contributed by atoms with Crippen LogP contribution in [0.15, 0.2) is 73.1 Å². The summed E-state index contributed by atoms with van der Waals surface area (Å²) in [5, 5.41) is 16.0. The van der Waals surface area contributed by atoms with Gasteiger partial charge < -0.3 is 15.6 Å². The lowest BCUT2D eigenvalue weighted by atomic mass is 10.1. The minimum Gasteiger partial charge on any atom is -0.361 e. The first-order valence-electron chi connectivity index (χ1n) is 8.79. The molecule has 4 rings (SSSR count). The largest absolute Gasteiger partial charge is 0.361 e. The number of nitriles is 1. The number of aromatic amines is 1. The molecule has 6 nitrogen and oxygen atoms in total. The van der Waals surface area contributed by atoms with E-state index in [1.54, 1.807) is 24.4 Å². The van der Waals surface area contributed by atoms with Gasteiger partial charge in [0.2, 0.25) is 5.91 Å². The molecule has 0 spiro atoms. The lowest BCUT2D eigenvalue weighted by Crippen LogP contribution is -2.15. The molecule has 0 saturated heterocycles. The maximum Gasteiger partial charge on any atom is 0.230 e. The number of carbonyl (C=O) groups is 1. The van der Waals surface area contributed by atoms with Gasteiger partial charge in [0.1, 0.15) is 5.82 Å². The highest BCUT2D eigenvalue weighted by Gasteiger charge is 2.09. The van der Waals surface area contributed by atoms with Crippen molar-refractivity contribution in [3.8, 4) is 6.07 Å². The zero-order chi connectivity index (χ0) is 19.3. The molecule has 0 aliphatic heterocycles. The van der Waals surface area contributed by atoms with E-state index in [0.29, 0.717) is 11.4 Å². The molecule has 136 valence electrons. The second-order valence-electron chi connectivity index (χ2n) is 6.33. The maximum atomic E-state index is 12.4. The number of hydrogen-bond acceptors (Lipinski definition) is 4. The van der Waals surface area contributed by atoms with E-state index in [1.807, 2.05) is 48.7 Å². The van der Waals surface area contributed by atoms with E-state index >= 15 is 0 Å². The first kappa shape index (κ1) is 17.3. The van der Waals surface area contributed by atoms with Crippen molar-refractivity contribution in [2.75, 3.05) is 10.6 Å². The summed E-state index contributed by atoms with van der Waals surface area (Å²) < 4.78 is 0. The number of nitrogens with one attached hydrogen (secondary N) is 3. The normalized spacial score (nSPS) is 10.4. The predicted molar refractivity (Wildman–Crippen MR) is 109 cm³/mol. The number of carbonyl (C=O) groups excluding carboxylic acids is 1. The van der Waals surface area contributed by atoms with Crippen LogP contribution in [0.25, 0.3) is 10.9 Å². The summed E-state index contributed by atoms with van der Waals surface area (Å²) in [7, 11) is 0. The molecule has 0 unspecified atom stereocenters. The van der Waals surface area contributed by atoms with Crippen molar-refractivity contribution in [2.24, 2.45) is 0 Å². The average Bonchev–Trinajstić information content (AvgIpc) is 3.12. The topological polar surface area (TPSA) is 93.6 Å². The molecule has 0 saturated carbocycles. The first-order valence-corrected chi connectivity index (χ1v) is 8.79. The number of para-hydroxylation sites is 1. The van der Waals surface area contributed by atoms with Gasteiger partial charge in [-0.25, -0.2) is 4.98 Å². The third-order valence-electron chi connectivity index (χ3n) is 4.34. The van der Waals surface area contributed by atoms with Gasteiger partial charge in [0.15, 0.2) is 0 Å². The fraction of sp³-hybridized carbons (Fsp3) is 0.0455. The van der Waals surface area contributed by atoms with Crippen LogP contribution in [-0.4, -0.2) is 15.9 Å². The van der Waals surface area contributed by atoms with Crippen molar-refractivity contribution in [2.45, 2.75) is 6.42 Å². The maximum absolute atomic E-state index is 12.4. The van der Waals surface area contributed by atoms with Gasteiger partial charge >= 0.3 is 0 Å². The number of rotatable bonds is 5. The average molecular weight is 367 g/mol. The van der Waals surface area contributed by atoms with Crippen LogP contribution >= 0.6 is 0 Å². The molecule has 1 amide bonds. The number of fused-ring (bicyclic) bond motifs is 1. The summed E-state index contributed by atoms with van der Waals surface area (Å²) in [4.78, 5) is 19.8.